The van der Waals surface area contributed by atoms with Crippen LogP contribution in [-0.4, -0.2) is 30.9 Å². The summed E-state index contributed by atoms with van der Waals surface area (Å²) in [6.07, 6.45) is 0.974. The van der Waals surface area contributed by atoms with Gasteiger partial charge in [-0.2, -0.15) is 0 Å². The first-order valence-electron chi connectivity index (χ1n) is 9.16. The summed E-state index contributed by atoms with van der Waals surface area (Å²) in [7, 11) is 3.03. The van der Waals surface area contributed by atoms with Crippen LogP contribution in [0.1, 0.15) is 38.2 Å². The number of hydrogen-bond donors (Lipinski definition) is 0. The molecule has 3 aromatic rings. The van der Waals surface area contributed by atoms with Crippen LogP contribution < -0.4 is 14.4 Å². The zero-order chi connectivity index (χ0) is 20.1. The lowest BCUT2D eigenvalue weighted by Gasteiger charge is -2.40. The predicted octanol–water partition coefficient (Wildman–Crippen LogP) is 3.61. The number of ether oxygens (including phenoxy) is 2. The van der Waals surface area contributed by atoms with Crippen molar-refractivity contribution in [3.63, 3.8) is 0 Å². The van der Waals surface area contributed by atoms with E-state index < -0.39 is 6.17 Å². The Morgan fingerprint density at radius 2 is 1.79 bits per heavy atom. The van der Waals surface area contributed by atoms with Crippen LogP contribution in [0.2, 0.25) is 0 Å². The Balaban J connectivity index is 1.74. The second kappa shape index (κ2) is 6.41. The van der Waals surface area contributed by atoms with Crippen LogP contribution in [0, 0.1) is 0 Å². The number of furan rings is 1. The van der Waals surface area contributed by atoms with E-state index >= 15 is 0 Å². The Kier molecular flexibility index (Phi) is 3.84. The summed E-state index contributed by atoms with van der Waals surface area (Å²) in [5, 5.41) is 0. The number of anilines is 1. The molecule has 7 heteroatoms. The minimum absolute atomic E-state index is 0.159. The van der Waals surface area contributed by atoms with Crippen LogP contribution in [-0.2, 0) is 6.54 Å². The Morgan fingerprint density at radius 3 is 2.52 bits per heavy atom. The molecule has 0 N–H and O–H groups in total. The molecule has 0 spiro atoms. The van der Waals surface area contributed by atoms with Gasteiger partial charge in [0, 0.05) is 5.56 Å². The van der Waals surface area contributed by atoms with Gasteiger partial charge in [0.2, 0.25) is 0 Å². The van der Waals surface area contributed by atoms with Crippen molar-refractivity contribution in [3.8, 4) is 11.5 Å². The van der Waals surface area contributed by atoms with E-state index in [2.05, 4.69) is 0 Å². The first-order chi connectivity index (χ1) is 14.2. The maximum Gasteiger partial charge on any atom is 0.264 e. The van der Waals surface area contributed by atoms with Crippen molar-refractivity contribution in [2.75, 3.05) is 19.1 Å². The molecule has 2 aliphatic heterocycles. The number of hydrogen-bond acceptors (Lipinski definition) is 5. The van der Waals surface area contributed by atoms with Crippen molar-refractivity contribution < 1.29 is 23.5 Å². The molecule has 0 bridgehead atoms. The number of methoxy groups -OCH3 is 2. The summed E-state index contributed by atoms with van der Waals surface area (Å²) in [5.41, 5.74) is 2.16. The SMILES string of the molecule is COc1ccc2c(c1OC)C(=O)N1c3ccccc3C(=O)N(Cc3ccco3)[C@H]21. The van der Waals surface area contributed by atoms with E-state index in [9.17, 15) is 9.59 Å². The van der Waals surface area contributed by atoms with E-state index in [-0.39, 0.29) is 18.4 Å². The Morgan fingerprint density at radius 1 is 0.966 bits per heavy atom. The Labute approximate surface area is 167 Å². The average molecular weight is 390 g/mol. The van der Waals surface area contributed by atoms with E-state index in [4.69, 9.17) is 13.9 Å². The fourth-order valence-corrected chi connectivity index (χ4v) is 4.16. The van der Waals surface area contributed by atoms with Crippen molar-refractivity contribution in [2.45, 2.75) is 12.7 Å². The fourth-order valence-electron chi connectivity index (χ4n) is 4.16. The molecule has 2 amide bonds. The van der Waals surface area contributed by atoms with Gasteiger partial charge >= 0.3 is 0 Å². The molecule has 0 aliphatic carbocycles. The zero-order valence-corrected chi connectivity index (χ0v) is 15.9. The highest BCUT2D eigenvalue weighted by atomic mass is 16.5. The molecule has 2 aromatic carbocycles. The predicted molar refractivity (Wildman–Crippen MR) is 104 cm³/mol. The van der Waals surface area contributed by atoms with E-state index in [1.165, 1.54) is 14.2 Å². The lowest BCUT2D eigenvalue weighted by molar-refractivity contribution is 0.0614. The Hall–Kier alpha value is -3.74. The van der Waals surface area contributed by atoms with Crippen LogP contribution in [0.25, 0.3) is 0 Å². The molecule has 29 heavy (non-hydrogen) atoms. The summed E-state index contributed by atoms with van der Waals surface area (Å²) in [4.78, 5) is 30.2. The van der Waals surface area contributed by atoms with Gasteiger partial charge in [-0.05, 0) is 30.3 Å². The van der Waals surface area contributed by atoms with E-state index in [1.807, 2.05) is 18.2 Å². The van der Waals surface area contributed by atoms with Gasteiger partial charge in [0.1, 0.15) is 11.9 Å². The molecule has 2 aliphatic rings. The van der Waals surface area contributed by atoms with Crippen LogP contribution in [0.5, 0.6) is 11.5 Å². The lowest BCUT2D eigenvalue weighted by atomic mass is 10.0. The van der Waals surface area contributed by atoms with Gasteiger partial charge in [0.15, 0.2) is 11.5 Å². The van der Waals surface area contributed by atoms with E-state index in [1.54, 1.807) is 46.4 Å². The van der Waals surface area contributed by atoms with Crippen molar-refractivity contribution >= 4 is 17.5 Å². The normalized spacial score (nSPS) is 17.1. The molecule has 0 radical (unpaired) electrons. The van der Waals surface area contributed by atoms with Crippen LogP contribution >= 0.6 is 0 Å². The number of para-hydroxylation sites is 1. The number of benzene rings is 2. The van der Waals surface area contributed by atoms with Crippen molar-refractivity contribution in [1.82, 2.24) is 4.90 Å². The van der Waals surface area contributed by atoms with Crippen LogP contribution in [0.3, 0.4) is 0 Å². The molecular formula is C22H18N2O5. The largest absolute Gasteiger partial charge is 0.493 e. The molecule has 1 atom stereocenters. The fraction of sp³-hybridized carbons (Fsp3) is 0.182. The molecular weight excluding hydrogens is 372 g/mol. The first kappa shape index (κ1) is 17.4. The van der Waals surface area contributed by atoms with Gasteiger partial charge in [-0.3, -0.25) is 14.5 Å². The molecule has 0 fully saturated rings. The molecule has 3 heterocycles. The number of fused-ring (bicyclic) bond motifs is 5. The highest BCUT2D eigenvalue weighted by molar-refractivity contribution is 6.18. The Bertz CT molecular complexity index is 1120. The van der Waals surface area contributed by atoms with Gasteiger partial charge in [0.05, 0.1) is 43.8 Å². The molecule has 5 rings (SSSR count). The van der Waals surface area contributed by atoms with Gasteiger partial charge in [-0.1, -0.05) is 18.2 Å². The topological polar surface area (TPSA) is 72.2 Å². The average Bonchev–Trinajstić information content (AvgIpc) is 3.36. The zero-order valence-electron chi connectivity index (χ0n) is 15.9. The number of nitrogens with zero attached hydrogens (tertiary/aromatic N) is 2. The molecule has 1 aromatic heterocycles. The monoisotopic (exact) mass is 390 g/mol. The number of amides is 2. The summed E-state index contributed by atoms with van der Waals surface area (Å²) in [5.74, 6) is 1.09. The second-order valence-electron chi connectivity index (χ2n) is 6.84. The lowest BCUT2D eigenvalue weighted by Crippen LogP contribution is -2.47. The molecule has 0 saturated heterocycles. The first-order valence-corrected chi connectivity index (χ1v) is 9.16. The number of carbonyl (C=O) groups is 2. The van der Waals surface area contributed by atoms with Crippen molar-refractivity contribution in [1.29, 1.82) is 0 Å². The number of carbonyl (C=O) groups excluding carboxylic acids is 2. The molecule has 7 nitrogen and oxygen atoms in total. The molecule has 146 valence electrons. The van der Waals surface area contributed by atoms with Gasteiger partial charge in [-0.15, -0.1) is 0 Å². The molecule has 0 saturated carbocycles. The highest BCUT2D eigenvalue weighted by Crippen LogP contribution is 2.50. The summed E-state index contributed by atoms with van der Waals surface area (Å²) in [6, 6.07) is 14.3. The van der Waals surface area contributed by atoms with Crippen LogP contribution in [0.4, 0.5) is 5.69 Å². The second-order valence-corrected chi connectivity index (χ2v) is 6.84. The standard InChI is InChI=1S/C22H18N2O5/c1-27-17-10-9-15-18(19(17)28-2)22(26)24-16-8-4-3-7-14(16)21(25)23(20(15)24)12-13-6-5-11-29-13/h3-11,20H,12H2,1-2H3/t20-/m0/s1. The van der Waals surface area contributed by atoms with Crippen molar-refractivity contribution in [2.24, 2.45) is 0 Å². The third-order valence-corrected chi connectivity index (χ3v) is 5.39. The maximum absolute atomic E-state index is 13.5. The quantitative estimate of drug-likeness (QED) is 0.681. The van der Waals surface area contributed by atoms with Gasteiger partial charge in [-0.25, -0.2) is 0 Å². The van der Waals surface area contributed by atoms with E-state index in [0.717, 1.165) is 0 Å². The van der Waals surface area contributed by atoms with Crippen molar-refractivity contribution in [3.05, 3.63) is 77.2 Å². The number of rotatable bonds is 4. The summed E-state index contributed by atoms with van der Waals surface area (Å²) in [6.45, 7) is 0.238. The minimum Gasteiger partial charge on any atom is -0.493 e. The smallest absolute Gasteiger partial charge is 0.264 e. The van der Waals surface area contributed by atoms with Crippen LogP contribution in [0.15, 0.2) is 59.2 Å². The summed E-state index contributed by atoms with van der Waals surface area (Å²) >= 11 is 0. The highest BCUT2D eigenvalue weighted by Gasteiger charge is 2.49. The van der Waals surface area contributed by atoms with E-state index in [0.29, 0.717) is 39.6 Å². The van der Waals surface area contributed by atoms with Gasteiger partial charge in [0.25, 0.3) is 11.8 Å². The van der Waals surface area contributed by atoms with Gasteiger partial charge < -0.3 is 18.8 Å². The third-order valence-electron chi connectivity index (χ3n) is 5.39. The molecule has 0 unspecified atom stereocenters. The summed E-state index contributed by atoms with van der Waals surface area (Å²) < 4.78 is 16.4. The maximum atomic E-state index is 13.5. The third kappa shape index (κ3) is 2.37. The minimum atomic E-state index is -0.593.